The van der Waals surface area contributed by atoms with Crippen LogP contribution in [0.3, 0.4) is 0 Å². The molecule has 0 aromatic rings. The van der Waals surface area contributed by atoms with Gasteiger partial charge in [0.25, 0.3) is 0 Å². The molecule has 22 N–H and O–H groups in total. The molecule has 100 heavy (non-hydrogen) atoms. The molecule has 0 aromatic heterocycles. The lowest BCUT2D eigenvalue weighted by Crippen LogP contribution is -2.59. The third-order valence-corrected chi connectivity index (χ3v) is 19.2. The van der Waals surface area contributed by atoms with Crippen molar-refractivity contribution in [2.24, 2.45) is 17.8 Å². The van der Waals surface area contributed by atoms with Crippen LogP contribution in [0.2, 0.25) is 0 Å². The van der Waals surface area contributed by atoms with Crippen molar-refractivity contribution in [3.05, 3.63) is 96.7 Å². The summed E-state index contributed by atoms with van der Waals surface area (Å²) in [6.07, 6.45) is -16.6. The predicted octanol–water partition coefficient (Wildman–Crippen LogP) is -0.133. The fourth-order valence-electron chi connectivity index (χ4n) is 13.1. The van der Waals surface area contributed by atoms with Crippen molar-refractivity contribution in [2.45, 2.75) is 321 Å². The highest BCUT2D eigenvalue weighted by Gasteiger charge is 2.48. The van der Waals surface area contributed by atoms with Crippen LogP contribution in [0, 0.1) is 17.8 Å². The molecule has 3 aliphatic heterocycles. The Hall–Kier alpha value is -3.17. The molecule has 0 saturated carbocycles. The van der Waals surface area contributed by atoms with Gasteiger partial charge in [-0.3, -0.25) is 4.55 Å². The molecule has 3 heterocycles. The van der Waals surface area contributed by atoms with Gasteiger partial charge in [0.15, 0.2) is 0 Å². The van der Waals surface area contributed by atoms with E-state index in [4.69, 9.17) is 18.8 Å². The quantitative estimate of drug-likeness (QED) is 0.0163. The first kappa shape index (κ1) is 91.0. The Balaban J connectivity index is 1.41. The van der Waals surface area contributed by atoms with Crippen LogP contribution < -0.4 is 0 Å². The van der Waals surface area contributed by atoms with Gasteiger partial charge in [-0.25, -0.2) is 4.18 Å². The maximum Gasteiger partial charge on any atom is 0.397 e. The van der Waals surface area contributed by atoms with E-state index in [0.717, 1.165) is 18.4 Å². The fourth-order valence-corrected chi connectivity index (χ4v) is 13.4. The van der Waals surface area contributed by atoms with Gasteiger partial charge in [0.1, 0.15) is 67.1 Å². The molecule has 3 fully saturated rings. The molecule has 28 nitrogen and oxygen atoms in total. The molecule has 3 rings (SSSR count). The van der Waals surface area contributed by atoms with Crippen molar-refractivity contribution in [3.63, 3.8) is 0 Å². The van der Waals surface area contributed by atoms with Crippen LogP contribution in [-0.2, 0) is 28.8 Å². The number of hydrogen-bond donors (Lipinski definition) is 22. The van der Waals surface area contributed by atoms with Crippen LogP contribution in [0.1, 0.15) is 157 Å². The van der Waals surface area contributed by atoms with Crippen LogP contribution in [0.25, 0.3) is 0 Å². The highest BCUT2D eigenvalue weighted by molar-refractivity contribution is 7.80. The van der Waals surface area contributed by atoms with E-state index in [-0.39, 0.29) is 107 Å². The van der Waals surface area contributed by atoms with E-state index in [2.05, 4.69) is 17.3 Å². The Kier molecular flexibility index (Phi) is 41.9. The molecule has 0 aliphatic carbocycles. The molecule has 0 aromatic carbocycles. The smallest absolute Gasteiger partial charge is 0.393 e. The average molecular weight is 1460 g/mol. The molecule has 29 heteroatoms. The topological polar surface area (TPSA) is 516 Å². The lowest BCUT2D eigenvalue weighted by atomic mass is 9.86. The zero-order valence-electron chi connectivity index (χ0n) is 58.4. The molecule has 3 saturated heterocycles. The lowest BCUT2D eigenvalue weighted by Gasteiger charge is -2.42. The Labute approximate surface area is 589 Å². The summed E-state index contributed by atoms with van der Waals surface area (Å²) in [5.41, 5.74) is 1.29. The van der Waals surface area contributed by atoms with Crippen molar-refractivity contribution in [1.82, 2.24) is 0 Å². The molecule has 580 valence electrons. The zero-order valence-corrected chi connectivity index (χ0v) is 59.2. The van der Waals surface area contributed by atoms with Gasteiger partial charge >= 0.3 is 10.4 Å². The molecule has 0 amide bonds. The minimum absolute atomic E-state index is 0.00285. The Morgan fingerprint density at radius 2 is 1.09 bits per heavy atom. The minimum Gasteiger partial charge on any atom is -0.393 e. The Morgan fingerprint density at radius 3 is 1.69 bits per heavy atom. The van der Waals surface area contributed by atoms with Crippen LogP contribution in [0.4, 0.5) is 0 Å². The maximum atomic E-state index is 11.2. The summed E-state index contributed by atoms with van der Waals surface area (Å²) in [6, 6.07) is 0. The maximum absolute atomic E-state index is 11.2. The summed E-state index contributed by atoms with van der Waals surface area (Å²) < 4.78 is 51.9. The summed E-state index contributed by atoms with van der Waals surface area (Å²) in [5.74, 6) is -1.02. The number of allylic oxidation sites excluding steroid dienone is 10. The third kappa shape index (κ3) is 33.1. The largest absolute Gasteiger partial charge is 0.397 e. The first-order valence-electron chi connectivity index (χ1n) is 35.0. The summed E-state index contributed by atoms with van der Waals surface area (Å²) in [7, 11) is -4.82. The number of unbranched alkanes of at least 4 members (excludes halogenated alkanes) is 2. The summed E-state index contributed by atoms with van der Waals surface area (Å²) >= 11 is 0. The van der Waals surface area contributed by atoms with Crippen molar-refractivity contribution < 1.29 is 139 Å². The van der Waals surface area contributed by atoms with Crippen LogP contribution >= 0.6 is 0 Å². The van der Waals surface area contributed by atoms with E-state index in [0.29, 0.717) is 18.4 Å². The van der Waals surface area contributed by atoms with E-state index in [1.165, 1.54) is 12.2 Å². The molecule has 30 unspecified atom stereocenters. The van der Waals surface area contributed by atoms with Crippen molar-refractivity contribution >= 4 is 10.4 Å². The standard InChI is InChI=1S/C71H122O28S/c1-8-9-10-11-12-13-14-15-16-17-18-19-20-51(78)65(88)70-68(91)57(84)37-61(99-70)69(92)63(86)43(6)22-24-50(77)58-36-56(83)67(90)71(98-58)66(89)53(80)29-39(2)21-23-45(72)33-54(81)62(85)44(7)31-47(74)27-41(4)25-40(3)26-46(73)28-42(5)30-52(79)59-35-55(82)64(87)60(97-59)34-48(75)32-49(76)38-96-100(93,94)95/h8,11-16,19-20,25,29,41-42,44-92H,1,6,9-10,17-18,21-24,26-28,30-38H2,2-5,7H3,(H,93,94,95). The molecular formula is C71H122O28S. The van der Waals surface area contributed by atoms with Gasteiger partial charge in [0, 0.05) is 38.5 Å². The van der Waals surface area contributed by atoms with Crippen LogP contribution in [0.5, 0.6) is 0 Å². The van der Waals surface area contributed by atoms with Gasteiger partial charge in [0.2, 0.25) is 0 Å². The summed E-state index contributed by atoms with van der Waals surface area (Å²) in [5, 5.41) is 228. The fraction of sp³-hybridized carbons (Fsp3) is 0.775. The van der Waals surface area contributed by atoms with E-state index < -0.39 is 194 Å². The summed E-state index contributed by atoms with van der Waals surface area (Å²) in [6.45, 7) is 15.4. The van der Waals surface area contributed by atoms with Gasteiger partial charge in [-0.15, -0.1) is 6.58 Å². The first-order chi connectivity index (χ1) is 46.8. The second-order valence-corrected chi connectivity index (χ2v) is 29.3. The van der Waals surface area contributed by atoms with Gasteiger partial charge in [-0.05, 0) is 121 Å². The van der Waals surface area contributed by atoms with Crippen LogP contribution in [-0.4, -0.2) is 292 Å². The van der Waals surface area contributed by atoms with E-state index in [1.807, 2.05) is 69.4 Å². The highest BCUT2D eigenvalue weighted by atomic mass is 32.3. The highest BCUT2D eigenvalue weighted by Crippen LogP contribution is 2.34. The lowest BCUT2D eigenvalue weighted by molar-refractivity contribution is -0.234. The van der Waals surface area contributed by atoms with Gasteiger partial charge < -0.3 is 121 Å². The SMILES string of the molecule is C=CCCC=CC=CC=CCCC=CC(O)C(O)C1OC(C(O)C(O)C(=C)CCC(O)C2CC(O)C(O)C(C(O)C(O)C=C(C)CCC(O)CC(O)C(O)C(C)CC(O)CC(C)C=C(C)CC(O)CC(C)CC(O)C3CC(O)C(O)C(CC(O)CC(O)COS(=O)(=O)O)O3)O2)CC(O)C1O. The van der Waals surface area contributed by atoms with E-state index in [9.17, 15) is 116 Å². The van der Waals surface area contributed by atoms with Gasteiger partial charge in [-0.2, -0.15) is 8.42 Å². The minimum atomic E-state index is -4.82. The third-order valence-electron chi connectivity index (χ3n) is 18.8. The van der Waals surface area contributed by atoms with Gasteiger partial charge in [0.05, 0.1) is 104 Å². The van der Waals surface area contributed by atoms with E-state index >= 15 is 0 Å². The second-order valence-electron chi connectivity index (χ2n) is 28.2. The second kappa shape index (κ2) is 46.0. The van der Waals surface area contributed by atoms with Crippen molar-refractivity contribution in [3.8, 4) is 0 Å². The number of aliphatic hydroxyl groups excluding tert-OH is 21. The van der Waals surface area contributed by atoms with E-state index in [1.54, 1.807) is 19.9 Å². The molecule has 0 radical (unpaired) electrons. The van der Waals surface area contributed by atoms with Gasteiger partial charge in [-0.1, -0.05) is 105 Å². The summed E-state index contributed by atoms with van der Waals surface area (Å²) in [4.78, 5) is 0. The monoisotopic (exact) mass is 1450 g/mol. The molecule has 3 aliphatic rings. The average Bonchev–Trinajstić information content (AvgIpc) is 0.814. The molecular weight excluding hydrogens is 1330 g/mol. The zero-order chi connectivity index (χ0) is 75.3. The molecule has 0 bridgehead atoms. The first-order valence-corrected chi connectivity index (χ1v) is 36.4. The number of hydrogen-bond acceptors (Lipinski definition) is 27. The predicted molar refractivity (Wildman–Crippen MR) is 368 cm³/mol. The Morgan fingerprint density at radius 1 is 0.540 bits per heavy atom. The molecule has 30 atom stereocenters. The number of rotatable bonds is 47. The normalized spacial score (nSPS) is 30.2. The van der Waals surface area contributed by atoms with Crippen LogP contribution in [0.15, 0.2) is 96.7 Å². The molecule has 0 spiro atoms. The number of aliphatic hydroxyl groups is 21. The van der Waals surface area contributed by atoms with Crippen molar-refractivity contribution in [1.29, 1.82) is 0 Å². The Bertz CT molecular complexity index is 2620. The van der Waals surface area contributed by atoms with Crippen molar-refractivity contribution in [2.75, 3.05) is 6.61 Å². The number of ether oxygens (including phenoxy) is 3.